The van der Waals surface area contributed by atoms with Crippen LogP contribution in [0.1, 0.15) is 30.9 Å². The lowest BCUT2D eigenvalue weighted by Crippen LogP contribution is -2.38. The van der Waals surface area contributed by atoms with Gasteiger partial charge in [0.25, 0.3) is 0 Å². The predicted octanol–water partition coefficient (Wildman–Crippen LogP) is 1.80. The molecule has 2 N–H and O–H groups in total. The highest BCUT2D eigenvalue weighted by molar-refractivity contribution is 5.28. The molecule has 0 fully saturated rings. The van der Waals surface area contributed by atoms with Gasteiger partial charge in [0.15, 0.2) is 0 Å². The molecule has 19 heavy (non-hydrogen) atoms. The van der Waals surface area contributed by atoms with Crippen molar-refractivity contribution in [3.05, 3.63) is 35.4 Å². The molecule has 3 nitrogen and oxygen atoms in total. The van der Waals surface area contributed by atoms with Gasteiger partial charge in [-0.15, -0.1) is 0 Å². The highest BCUT2D eigenvalue weighted by Gasteiger charge is 2.16. The first-order chi connectivity index (χ1) is 9.33. The van der Waals surface area contributed by atoms with Gasteiger partial charge in [-0.25, -0.2) is 0 Å². The van der Waals surface area contributed by atoms with E-state index in [0.717, 1.165) is 45.4 Å². The van der Waals surface area contributed by atoms with Crippen LogP contribution in [0.5, 0.6) is 0 Å². The molecule has 106 valence electrons. The molecule has 1 heterocycles. The second-order valence-electron chi connectivity index (χ2n) is 5.42. The molecule has 0 aromatic heterocycles. The van der Waals surface area contributed by atoms with Gasteiger partial charge in [-0.05, 0) is 36.9 Å². The summed E-state index contributed by atoms with van der Waals surface area (Å²) in [5.74, 6) is 0. The number of nitrogens with zero attached hydrogens (tertiary/aromatic N) is 1. The average Bonchev–Trinajstić information content (AvgIpc) is 2.47. The molecule has 1 aliphatic heterocycles. The molecule has 1 aromatic rings. The van der Waals surface area contributed by atoms with Gasteiger partial charge in [-0.2, -0.15) is 0 Å². The van der Waals surface area contributed by atoms with Crippen molar-refractivity contribution < 1.29 is 5.11 Å². The van der Waals surface area contributed by atoms with Crippen molar-refractivity contribution in [2.75, 3.05) is 26.2 Å². The zero-order valence-electron chi connectivity index (χ0n) is 11.9. The molecular formula is C16H26N2O. The maximum absolute atomic E-state index is 9.36. The molecule has 1 aliphatic rings. The summed E-state index contributed by atoms with van der Waals surface area (Å²) < 4.78 is 0. The first-order valence-electron chi connectivity index (χ1n) is 7.47. The van der Waals surface area contributed by atoms with Gasteiger partial charge in [0.1, 0.15) is 0 Å². The van der Waals surface area contributed by atoms with Gasteiger partial charge in [-0.3, -0.25) is 4.90 Å². The molecule has 1 atom stereocenters. The van der Waals surface area contributed by atoms with E-state index in [1.807, 2.05) is 0 Å². The van der Waals surface area contributed by atoms with Crippen molar-refractivity contribution in [1.82, 2.24) is 10.2 Å². The molecule has 0 aliphatic carbocycles. The quantitative estimate of drug-likeness (QED) is 0.786. The van der Waals surface area contributed by atoms with Crippen LogP contribution in [0.25, 0.3) is 0 Å². The maximum atomic E-state index is 9.36. The van der Waals surface area contributed by atoms with E-state index in [-0.39, 0.29) is 12.6 Å². The molecule has 0 spiro atoms. The van der Waals surface area contributed by atoms with Gasteiger partial charge < -0.3 is 10.4 Å². The SMILES string of the molecule is CCCNC(CO)CCN1CCc2ccccc2C1. The Kier molecular flexibility index (Phi) is 5.83. The summed E-state index contributed by atoms with van der Waals surface area (Å²) in [6.07, 6.45) is 3.30. The van der Waals surface area contributed by atoms with Crippen molar-refractivity contribution in [2.45, 2.75) is 38.8 Å². The molecule has 2 rings (SSSR count). The number of benzene rings is 1. The van der Waals surface area contributed by atoms with Gasteiger partial charge in [0, 0.05) is 25.7 Å². The number of aliphatic hydroxyl groups excluding tert-OH is 1. The molecule has 0 amide bonds. The smallest absolute Gasteiger partial charge is 0.0585 e. The predicted molar refractivity (Wildman–Crippen MR) is 79.2 cm³/mol. The fourth-order valence-corrected chi connectivity index (χ4v) is 2.69. The standard InChI is InChI=1S/C16H26N2O/c1-2-9-17-16(13-19)8-11-18-10-7-14-5-3-4-6-15(14)12-18/h3-6,16-17,19H,2,7-13H2,1H3. The van der Waals surface area contributed by atoms with Crippen LogP contribution in [0.3, 0.4) is 0 Å². The van der Waals surface area contributed by atoms with Crippen LogP contribution in [-0.2, 0) is 13.0 Å². The summed E-state index contributed by atoms with van der Waals surface area (Å²) in [6, 6.07) is 8.98. The van der Waals surface area contributed by atoms with Crippen LogP contribution in [-0.4, -0.2) is 42.3 Å². The van der Waals surface area contributed by atoms with E-state index in [1.54, 1.807) is 0 Å². The third kappa shape index (κ3) is 4.30. The van der Waals surface area contributed by atoms with E-state index in [9.17, 15) is 5.11 Å². The Morgan fingerprint density at radius 3 is 2.84 bits per heavy atom. The minimum atomic E-state index is 0.241. The molecule has 0 saturated heterocycles. The topological polar surface area (TPSA) is 35.5 Å². The molecule has 1 unspecified atom stereocenters. The van der Waals surface area contributed by atoms with E-state index in [4.69, 9.17) is 0 Å². The van der Waals surface area contributed by atoms with Crippen LogP contribution in [0, 0.1) is 0 Å². The lowest BCUT2D eigenvalue weighted by atomic mass is 9.99. The first kappa shape index (κ1) is 14.5. The Morgan fingerprint density at radius 2 is 2.11 bits per heavy atom. The van der Waals surface area contributed by atoms with Crippen molar-refractivity contribution in [3.8, 4) is 0 Å². The first-order valence-corrected chi connectivity index (χ1v) is 7.47. The van der Waals surface area contributed by atoms with Gasteiger partial charge in [-0.1, -0.05) is 31.2 Å². The Labute approximate surface area is 116 Å². The number of nitrogens with one attached hydrogen (secondary N) is 1. The summed E-state index contributed by atoms with van der Waals surface area (Å²) in [5, 5.41) is 12.8. The van der Waals surface area contributed by atoms with Crippen molar-refractivity contribution in [3.63, 3.8) is 0 Å². The minimum Gasteiger partial charge on any atom is -0.395 e. The van der Waals surface area contributed by atoms with Crippen molar-refractivity contribution in [1.29, 1.82) is 0 Å². The fourth-order valence-electron chi connectivity index (χ4n) is 2.69. The molecule has 0 saturated carbocycles. The highest BCUT2D eigenvalue weighted by Crippen LogP contribution is 2.18. The normalized spacial score (nSPS) is 17.2. The Bertz CT molecular complexity index is 381. The molecule has 0 bridgehead atoms. The number of rotatable bonds is 7. The number of hydrogen-bond donors (Lipinski definition) is 2. The summed E-state index contributed by atoms with van der Waals surface area (Å²) in [6.45, 7) is 6.66. The Morgan fingerprint density at radius 1 is 1.32 bits per heavy atom. The van der Waals surface area contributed by atoms with Crippen molar-refractivity contribution >= 4 is 0 Å². The molecule has 1 aromatic carbocycles. The van der Waals surface area contributed by atoms with Crippen LogP contribution in [0.2, 0.25) is 0 Å². The Balaban J connectivity index is 1.78. The lowest BCUT2D eigenvalue weighted by molar-refractivity contribution is 0.198. The van der Waals surface area contributed by atoms with E-state index >= 15 is 0 Å². The average molecular weight is 262 g/mol. The number of hydrogen-bond acceptors (Lipinski definition) is 3. The number of fused-ring (bicyclic) bond motifs is 1. The third-order valence-electron chi connectivity index (χ3n) is 3.91. The second-order valence-corrected chi connectivity index (χ2v) is 5.42. The summed E-state index contributed by atoms with van der Waals surface area (Å²) in [5.41, 5.74) is 2.97. The van der Waals surface area contributed by atoms with Gasteiger partial charge in [0.05, 0.1) is 6.61 Å². The Hall–Kier alpha value is -0.900. The van der Waals surface area contributed by atoms with E-state index < -0.39 is 0 Å². The zero-order valence-corrected chi connectivity index (χ0v) is 11.9. The van der Waals surface area contributed by atoms with Crippen LogP contribution in [0.15, 0.2) is 24.3 Å². The molecular weight excluding hydrogens is 236 g/mol. The summed E-state index contributed by atoms with van der Waals surface area (Å²) in [4.78, 5) is 2.50. The number of aliphatic hydroxyl groups is 1. The minimum absolute atomic E-state index is 0.241. The second kappa shape index (κ2) is 7.63. The third-order valence-corrected chi connectivity index (χ3v) is 3.91. The van der Waals surface area contributed by atoms with E-state index in [0.29, 0.717) is 0 Å². The molecule has 3 heteroatoms. The van der Waals surface area contributed by atoms with Crippen molar-refractivity contribution in [2.24, 2.45) is 0 Å². The van der Waals surface area contributed by atoms with E-state index in [2.05, 4.69) is 41.4 Å². The summed E-state index contributed by atoms with van der Waals surface area (Å²) in [7, 11) is 0. The maximum Gasteiger partial charge on any atom is 0.0585 e. The van der Waals surface area contributed by atoms with Crippen LogP contribution in [0.4, 0.5) is 0 Å². The lowest BCUT2D eigenvalue weighted by Gasteiger charge is -2.30. The zero-order chi connectivity index (χ0) is 13.5. The monoisotopic (exact) mass is 262 g/mol. The van der Waals surface area contributed by atoms with Gasteiger partial charge >= 0.3 is 0 Å². The largest absolute Gasteiger partial charge is 0.395 e. The highest BCUT2D eigenvalue weighted by atomic mass is 16.3. The van der Waals surface area contributed by atoms with Crippen LogP contribution >= 0.6 is 0 Å². The van der Waals surface area contributed by atoms with Gasteiger partial charge in [0.2, 0.25) is 0 Å². The van der Waals surface area contributed by atoms with Crippen LogP contribution < -0.4 is 5.32 Å². The fraction of sp³-hybridized carbons (Fsp3) is 0.625. The summed E-state index contributed by atoms with van der Waals surface area (Å²) >= 11 is 0. The molecule has 0 radical (unpaired) electrons. The van der Waals surface area contributed by atoms with E-state index in [1.165, 1.54) is 11.1 Å².